The van der Waals surface area contributed by atoms with Gasteiger partial charge in [-0.3, -0.25) is 14.8 Å². The monoisotopic (exact) mass is 337 g/mol. The molecule has 1 amide bonds. The minimum absolute atomic E-state index is 0.0412. The number of carbonyl (C=O) groups is 1. The van der Waals surface area contributed by atoms with Gasteiger partial charge in [-0.15, -0.1) is 0 Å². The summed E-state index contributed by atoms with van der Waals surface area (Å²) in [6, 6.07) is 7.69. The zero-order chi connectivity index (χ0) is 17.1. The first-order valence-corrected chi connectivity index (χ1v) is 9.03. The molecule has 0 radical (unpaired) electrons. The maximum absolute atomic E-state index is 13.0. The number of likely N-dealkylation sites (tertiary alicyclic amines) is 1. The zero-order valence-electron chi connectivity index (χ0n) is 14.3. The molecule has 2 fully saturated rings. The third-order valence-corrected chi connectivity index (χ3v) is 5.06. The lowest BCUT2D eigenvalue weighted by Gasteiger charge is -2.28. The lowest BCUT2D eigenvalue weighted by Crippen LogP contribution is -2.42. The van der Waals surface area contributed by atoms with Gasteiger partial charge in [0, 0.05) is 37.9 Å². The van der Waals surface area contributed by atoms with Crippen LogP contribution in [0.2, 0.25) is 0 Å². The molecule has 25 heavy (non-hydrogen) atoms. The fraction of sp³-hybridized carbons (Fsp3) is 0.450. The third kappa shape index (κ3) is 3.87. The molecular formula is C20H23N3O2. The van der Waals surface area contributed by atoms with E-state index in [0.717, 1.165) is 37.5 Å². The van der Waals surface area contributed by atoms with E-state index in [1.807, 2.05) is 23.2 Å². The molecule has 0 N–H and O–H groups in total. The SMILES string of the molecule is O=C(c1cccnc1)N1CC[C@@H](OCC2CC2)[C@H]1Cc1cccnc1. The predicted octanol–water partition coefficient (Wildman–Crippen LogP) is 2.73. The van der Waals surface area contributed by atoms with Crippen LogP contribution in [0.5, 0.6) is 0 Å². The molecule has 3 heterocycles. The second-order valence-corrected chi connectivity index (χ2v) is 6.98. The highest BCUT2D eigenvalue weighted by atomic mass is 16.5. The number of ether oxygens (including phenoxy) is 1. The van der Waals surface area contributed by atoms with Gasteiger partial charge in [-0.2, -0.15) is 0 Å². The van der Waals surface area contributed by atoms with E-state index < -0.39 is 0 Å². The van der Waals surface area contributed by atoms with Crippen molar-refractivity contribution < 1.29 is 9.53 Å². The van der Waals surface area contributed by atoms with E-state index in [1.54, 1.807) is 24.7 Å². The number of aromatic nitrogens is 2. The Morgan fingerprint density at radius 2 is 1.92 bits per heavy atom. The Hall–Kier alpha value is -2.27. The molecular weight excluding hydrogens is 314 g/mol. The number of hydrogen-bond donors (Lipinski definition) is 0. The van der Waals surface area contributed by atoms with Crippen molar-refractivity contribution >= 4 is 5.91 Å². The number of rotatable bonds is 6. The van der Waals surface area contributed by atoms with Gasteiger partial charge < -0.3 is 9.64 Å². The Labute approximate surface area is 148 Å². The van der Waals surface area contributed by atoms with Crippen LogP contribution >= 0.6 is 0 Å². The molecule has 5 heteroatoms. The van der Waals surface area contributed by atoms with E-state index in [0.29, 0.717) is 5.56 Å². The molecule has 5 nitrogen and oxygen atoms in total. The average molecular weight is 337 g/mol. The highest BCUT2D eigenvalue weighted by Gasteiger charge is 2.39. The van der Waals surface area contributed by atoms with Crippen molar-refractivity contribution in [1.82, 2.24) is 14.9 Å². The Morgan fingerprint density at radius 1 is 1.12 bits per heavy atom. The Morgan fingerprint density at radius 3 is 2.60 bits per heavy atom. The van der Waals surface area contributed by atoms with Gasteiger partial charge in [0.2, 0.25) is 0 Å². The molecule has 1 aliphatic carbocycles. The second kappa shape index (κ2) is 7.31. The highest BCUT2D eigenvalue weighted by Crippen LogP contribution is 2.32. The average Bonchev–Trinajstić information content (AvgIpc) is 3.42. The minimum atomic E-state index is 0.0412. The molecule has 0 aromatic carbocycles. The van der Waals surface area contributed by atoms with Crippen molar-refractivity contribution in [2.24, 2.45) is 5.92 Å². The molecule has 0 spiro atoms. The largest absolute Gasteiger partial charge is 0.376 e. The molecule has 1 saturated carbocycles. The van der Waals surface area contributed by atoms with E-state index in [-0.39, 0.29) is 18.1 Å². The topological polar surface area (TPSA) is 55.3 Å². The summed E-state index contributed by atoms with van der Waals surface area (Å²) in [5.41, 5.74) is 1.78. The van der Waals surface area contributed by atoms with Gasteiger partial charge in [-0.1, -0.05) is 6.07 Å². The maximum Gasteiger partial charge on any atom is 0.255 e. The molecule has 130 valence electrons. The first kappa shape index (κ1) is 16.2. The molecule has 2 atom stereocenters. The van der Waals surface area contributed by atoms with Crippen LogP contribution in [0.15, 0.2) is 49.1 Å². The van der Waals surface area contributed by atoms with Crippen LogP contribution in [0.3, 0.4) is 0 Å². The van der Waals surface area contributed by atoms with Crippen LogP contribution in [0.25, 0.3) is 0 Å². The van der Waals surface area contributed by atoms with Crippen LogP contribution in [-0.2, 0) is 11.2 Å². The Kier molecular flexibility index (Phi) is 4.74. The number of nitrogens with zero attached hydrogens (tertiary/aromatic N) is 3. The lowest BCUT2D eigenvalue weighted by molar-refractivity contribution is 0.0200. The fourth-order valence-corrected chi connectivity index (χ4v) is 3.47. The van der Waals surface area contributed by atoms with Crippen molar-refractivity contribution in [2.45, 2.75) is 37.8 Å². The minimum Gasteiger partial charge on any atom is -0.376 e. The summed E-state index contributed by atoms with van der Waals surface area (Å²) in [6.07, 6.45) is 11.3. The Balaban J connectivity index is 1.52. The summed E-state index contributed by atoms with van der Waals surface area (Å²) in [4.78, 5) is 23.2. The summed E-state index contributed by atoms with van der Waals surface area (Å²) >= 11 is 0. The molecule has 4 rings (SSSR count). The van der Waals surface area contributed by atoms with Crippen LogP contribution in [-0.4, -0.2) is 46.1 Å². The van der Waals surface area contributed by atoms with E-state index in [4.69, 9.17) is 4.74 Å². The standard InChI is InChI=1S/C20H23N3O2/c24-20(17-4-2-9-22-13-17)23-10-7-19(25-14-15-5-6-15)18(23)11-16-3-1-8-21-12-16/h1-4,8-9,12-13,15,18-19H,5-7,10-11,14H2/t18-,19-/m1/s1. The van der Waals surface area contributed by atoms with E-state index in [1.165, 1.54) is 12.8 Å². The molecule has 0 unspecified atom stereocenters. The second-order valence-electron chi connectivity index (χ2n) is 6.98. The van der Waals surface area contributed by atoms with Crippen molar-refractivity contribution in [3.8, 4) is 0 Å². The summed E-state index contributed by atoms with van der Waals surface area (Å²) in [7, 11) is 0. The van der Waals surface area contributed by atoms with Crippen LogP contribution in [0.4, 0.5) is 0 Å². The summed E-state index contributed by atoms with van der Waals surface area (Å²) < 4.78 is 6.20. The fourth-order valence-electron chi connectivity index (χ4n) is 3.47. The van der Waals surface area contributed by atoms with Gasteiger partial charge in [0.05, 0.1) is 17.7 Å². The Bertz CT molecular complexity index is 703. The van der Waals surface area contributed by atoms with Gasteiger partial charge in [0.15, 0.2) is 0 Å². The molecule has 2 aromatic heterocycles. The number of carbonyl (C=O) groups excluding carboxylic acids is 1. The van der Waals surface area contributed by atoms with Crippen molar-refractivity contribution in [1.29, 1.82) is 0 Å². The first-order valence-electron chi connectivity index (χ1n) is 9.03. The van der Waals surface area contributed by atoms with Gasteiger partial charge in [0.25, 0.3) is 5.91 Å². The lowest BCUT2D eigenvalue weighted by atomic mass is 10.0. The molecule has 1 saturated heterocycles. The quantitative estimate of drug-likeness (QED) is 0.813. The number of amides is 1. The zero-order valence-corrected chi connectivity index (χ0v) is 14.3. The summed E-state index contributed by atoms with van der Waals surface area (Å²) in [6.45, 7) is 1.55. The van der Waals surface area contributed by atoms with Crippen molar-refractivity contribution in [3.05, 3.63) is 60.2 Å². The number of hydrogen-bond acceptors (Lipinski definition) is 4. The number of pyridine rings is 2. The van der Waals surface area contributed by atoms with Gasteiger partial charge >= 0.3 is 0 Å². The summed E-state index contributed by atoms with van der Waals surface area (Å²) in [5, 5.41) is 0. The van der Waals surface area contributed by atoms with Crippen LogP contribution in [0, 0.1) is 5.92 Å². The van der Waals surface area contributed by atoms with Gasteiger partial charge in [0.1, 0.15) is 0 Å². The van der Waals surface area contributed by atoms with Crippen LogP contribution in [0.1, 0.15) is 35.2 Å². The molecule has 2 aliphatic rings. The third-order valence-electron chi connectivity index (χ3n) is 5.06. The van der Waals surface area contributed by atoms with E-state index in [2.05, 4.69) is 16.0 Å². The smallest absolute Gasteiger partial charge is 0.255 e. The van der Waals surface area contributed by atoms with Crippen molar-refractivity contribution in [3.63, 3.8) is 0 Å². The van der Waals surface area contributed by atoms with E-state index >= 15 is 0 Å². The van der Waals surface area contributed by atoms with Crippen LogP contribution < -0.4 is 0 Å². The van der Waals surface area contributed by atoms with Gasteiger partial charge in [-0.25, -0.2) is 0 Å². The normalized spacial score (nSPS) is 23.0. The van der Waals surface area contributed by atoms with E-state index in [9.17, 15) is 4.79 Å². The van der Waals surface area contributed by atoms with Gasteiger partial charge in [-0.05, 0) is 55.4 Å². The van der Waals surface area contributed by atoms with Crippen molar-refractivity contribution in [2.75, 3.05) is 13.2 Å². The molecule has 0 bridgehead atoms. The maximum atomic E-state index is 13.0. The highest BCUT2D eigenvalue weighted by molar-refractivity contribution is 5.94. The summed E-state index contributed by atoms with van der Waals surface area (Å²) in [5.74, 6) is 0.765. The predicted molar refractivity (Wildman–Crippen MR) is 94.1 cm³/mol. The first-order chi connectivity index (χ1) is 12.3. The molecule has 1 aliphatic heterocycles. The molecule has 2 aromatic rings.